The van der Waals surface area contributed by atoms with E-state index in [1.165, 1.54) is 0 Å². The van der Waals surface area contributed by atoms with E-state index in [1.807, 2.05) is 53.1 Å². The number of benzene rings is 1. The van der Waals surface area contributed by atoms with Crippen LogP contribution in [0.3, 0.4) is 0 Å². The number of hydrogen-bond donors (Lipinski definition) is 2. The van der Waals surface area contributed by atoms with E-state index in [-0.39, 0.29) is 6.03 Å². The molecule has 0 unspecified atom stereocenters. The molecule has 23 heavy (non-hydrogen) atoms. The van der Waals surface area contributed by atoms with E-state index in [9.17, 15) is 4.79 Å². The summed E-state index contributed by atoms with van der Waals surface area (Å²) in [6.07, 6.45) is 1.86. The van der Waals surface area contributed by atoms with E-state index in [0.29, 0.717) is 18.9 Å². The Morgan fingerprint density at radius 1 is 1.09 bits per heavy atom. The summed E-state index contributed by atoms with van der Waals surface area (Å²) in [5.74, 6) is 1.47. The number of fused-ring (bicyclic) bond motifs is 1. The minimum atomic E-state index is -0.256. The maximum Gasteiger partial charge on any atom is 0.315 e. The molecule has 2 aromatic heterocycles. The molecule has 3 rings (SSSR count). The number of hydrogen-bond acceptors (Lipinski definition) is 4. The zero-order chi connectivity index (χ0) is 16.1. The second-order valence-corrected chi connectivity index (χ2v) is 4.93. The fourth-order valence-electron chi connectivity index (χ4n) is 2.16. The first kappa shape index (κ1) is 14.8. The first-order chi connectivity index (χ1) is 11.3. The van der Waals surface area contributed by atoms with Crippen molar-refractivity contribution in [2.75, 3.05) is 7.11 Å². The normalized spacial score (nSPS) is 10.5. The molecule has 0 radical (unpaired) electrons. The number of aromatic nitrogens is 3. The Balaban J connectivity index is 1.51. The predicted molar refractivity (Wildman–Crippen MR) is 85.1 cm³/mol. The highest BCUT2D eigenvalue weighted by Gasteiger charge is 2.06. The highest BCUT2D eigenvalue weighted by Crippen LogP contribution is 2.10. The molecule has 0 saturated heterocycles. The number of carbonyl (C=O) groups excluding carboxylic acids is 1. The molecule has 2 N–H and O–H groups in total. The first-order valence-corrected chi connectivity index (χ1v) is 7.19. The summed E-state index contributed by atoms with van der Waals surface area (Å²) in [5.41, 5.74) is 1.75. The zero-order valence-electron chi connectivity index (χ0n) is 12.7. The third-order valence-corrected chi connectivity index (χ3v) is 3.40. The monoisotopic (exact) mass is 311 g/mol. The maximum absolute atomic E-state index is 11.9. The van der Waals surface area contributed by atoms with Crippen LogP contribution < -0.4 is 15.4 Å². The van der Waals surface area contributed by atoms with Crippen molar-refractivity contribution in [1.29, 1.82) is 0 Å². The van der Waals surface area contributed by atoms with Crippen LogP contribution in [0.4, 0.5) is 4.79 Å². The maximum atomic E-state index is 11.9. The van der Waals surface area contributed by atoms with Gasteiger partial charge in [-0.3, -0.25) is 4.40 Å². The van der Waals surface area contributed by atoms with Crippen molar-refractivity contribution in [3.63, 3.8) is 0 Å². The van der Waals surface area contributed by atoms with Gasteiger partial charge in [0.2, 0.25) is 0 Å². The third kappa shape index (κ3) is 3.57. The van der Waals surface area contributed by atoms with E-state index in [0.717, 1.165) is 17.0 Å². The Morgan fingerprint density at radius 3 is 2.65 bits per heavy atom. The Morgan fingerprint density at radius 2 is 1.87 bits per heavy atom. The minimum absolute atomic E-state index is 0.256. The van der Waals surface area contributed by atoms with Crippen LogP contribution >= 0.6 is 0 Å². The van der Waals surface area contributed by atoms with Crippen molar-refractivity contribution in [1.82, 2.24) is 25.2 Å². The topological polar surface area (TPSA) is 80.5 Å². The molecule has 3 aromatic rings. The average molecular weight is 311 g/mol. The average Bonchev–Trinajstić information content (AvgIpc) is 3.02. The van der Waals surface area contributed by atoms with Crippen molar-refractivity contribution in [2.45, 2.75) is 13.1 Å². The second kappa shape index (κ2) is 6.78. The van der Waals surface area contributed by atoms with Crippen LogP contribution in [0.25, 0.3) is 5.65 Å². The van der Waals surface area contributed by atoms with E-state index in [4.69, 9.17) is 4.74 Å². The van der Waals surface area contributed by atoms with Crippen molar-refractivity contribution in [2.24, 2.45) is 0 Å². The number of amides is 2. The van der Waals surface area contributed by atoms with Gasteiger partial charge in [0.1, 0.15) is 5.75 Å². The first-order valence-electron chi connectivity index (χ1n) is 7.19. The standard InChI is InChI=1S/C16H17N5O2/c1-23-13-7-5-12(6-8-13)10-17-16(22)18-11-15-20-19-14-4-2-3-9-21(14)15/h2-9H,10-11H2,1H3,(H2,17,18,22). The summed E-state index contributed by atoms with van der Waals surface area (Å²) in [4.78, 5) is 11.9. The molecule has 2 heterocycles. The van der Waals surface area contributed by atoms with Gasteiger partial charge in [0.15, 0.2) is 11.5 Å². The van der Waals surface area contributed by atoms with Crippen LogP contribution in [0.15, 0.2) is 48.7 Å². The van der Waals surface area contributed by atoms with Gasteiger partial charge in [-0.15, -0.1) is 10.2 Å². The Kier molecular flexibility index (Phi) is 4.37. The Bertz CT molecular complexity index is 798. The number of urea groups is 1. The number of pyridine rings is 1. The summed E-state index contributed by atoms with van der Waals surface area (Å²) in [5, 5.41) is 13.7. The molecule has 0 atom stereocenters. The third-order valence-electron chi connectivity index (χ3n) is 3.40. The zero-order valence-corrected chi connectivity index (χ0v) is 12.7. The molecule has 0 fully saturated rings. The lowest BCUT2D eigenvalue weighted by atomic mass is 10.2. The Labute approximate surface area is 133 Å². The molecule has 7 heteroatoms. The van der Waals surface area contributed by atoms with E-state index >= 15 is 0 Å². The second-order valence-electron chi connectivity index (χ2n) is 4.93. The van der Waals surface area contributed by atoms with E-state index < -0.39 is 0 Å². The molecular weight excluding hydrogens is 294 g/mol. The van der Waals surface area contributed by atoms with Crippen molar-refractivity contribution >= 4 is 11.7 Å². The van der Waals surface area contributed by atoms with E-state index in [1.54, 1.807) is 7.11 Å². The van der Waals surface area contributed by atoms with Crippen LogP contribution in [-0.2, 0) is 13.1 Å². The molecule has 0 aliphatic heterocycles. The molecular formula is C16H17N5O2. The molecule has 2 amide bonds. The number of methoxy groups -OCH3 is 1. The Hall–Kier alpha value is -3.09. The lowest BCUT2D eigenvalue weighted by Crippen LogP contribution is -2.35. The fourth-order valence-corrected chi connectivity index (χ4v) is 2.16. The number of carbonyl (C=O) groups is 1. The van der Waals surface area contributed by atoms with Gasteiger partial charge in [-0.25, -0.2) is 4.79 Å². The highest BCUT2D eigenvalue weighted by molar-refractivity contribution is 5.73. The predicted octanol–water partition coefficient (Wildman–Crippen LogP) is 1.74. The SMILES string of the molecule is COc1ccc(CNC(=O)NCc2nnc3ccccn23)cc1. The minimum Gasteiger partial charge on any atom is -0.497 e. The largest absolute Gasteiger partial charge is 0.497 e. The van der Waals surface area contributed by atoms with Crippen LogP contribution in [-0.4, -0.2) is 27.7 Å². The van der Waals surface area contributed by atoms with Crippen LogP contribution in [0.2, 0.25) is 0 Å². The van der Waals surface area contributed by atoms with Gasteiger partial charge in [0.05, 0.1) is 13.7 Å². The molecule has 7 nitrogen and oxygen atoms in total. The van der Waals surface area contributed by atoms with Crippen LogP contribution in [0.1, 0.15) is 11.4 Å². The smallest absolute Gasteiger partial charge is 0.315 e. The number of ether oxygens (including phenoxy) is 1. The van der Waals surface area contributed by atoms with Gasteiger partial charge in [0, 0.05) is 12.7 Å². The highest BCUT2D eigenvalue weighted by atomic mass is 16.5. The van der Waals surface area contributed by atoms with Gasteiger partial charge >= 0.3 is 6.03 Å². The summed E-state index contributed by atoms with van der Waals surface area (Å²) in [6.45, 7) is 0.746. The fraction of sp³-hybridized carbons (Fsp3) is 0.188. The molecule has 118 valence electrons. The lowest BCUT2D eigenvalue weighted by Gasteiger charge is -2.07. The van der Waals surface area contributed by atoms with Gasteiger partial charge < -0.3 is 15.4 Å². The molecule has 0 bridgehead atoms. The van der Waals surface area contributed by atoms with Crippen molar-refractivity contribution < 1.29 is 9.53 Å². The summed E-state index contributed by atoms with van der Waals surface area (Å²) in [7, 11) is 1.62. The van der Waals surface area contributed by atoms with Gasteiger partial charge in [0.25, 0.3) is 0 Å². The number of rotatable bonds is 5. The van der Waals surface area contributed by atoms with Crippen molar-refractivity contribution in [3.8, 4) is 5.75 Å². The number of nitrogens with one attached hydrogen (secondary N) is 2. The quantitative estimate of drug-likeness (QED) is 0.752. The van der Waals surface area contributed by atoms with Gasteiger partial charge in [-0.2, -0.15) is 0 Å². The summed E-state index contributed by atoms with van der Waals surface area (Å²) >= 11 is 0. The van der Waals surface area contributed by atoms with Gasteiger partial charge in [-0.05, 0) is 29.8 Å². The van der Waals surface area contributed by atoms with Gasteiger partial charge in [-0.1, -0.05) is 18.2 Å². The summed E-state index contributed by atoms with van der Waals surface area (Å²) in [6, 6.07) is 12.9. The lowest BCUT2D eigenvalue weighted by molar-refractivity contribution is 0.240. The van der Waals surface area contributed by atoms with Crippen LogP contribution in [0, 0.1) is 0 Å². The molecule has 0 saturated carbocycles. The molecule has 1 aromatic carbocycles. The molecule has 0 aliphatic carbocycles. The molecule has 0 aliphatic rings. The van der Waals surface area contributed by atoms with Crippen molar-refractivity contribution in [3.05, 3.63) is 60.0 Å². The van der Waals surface area contributed by atoms with E-state index in [2.05, 4.69) is 20.8 Å². The number of nitrogens with zero attached hydrogens (tertiary/aromatic N) is 3. The molecule has 0 spiro atoms. The van der Waals surface area contributed by atoms with Crippen LogP contribution in [0.5, 0.6) is 5.75 Å². The summed E-state index contributed by atoms with van der Waals surface area (Å²) < 4.78 is 6.93.